The second-order valence-corrected chi connectivity index (χ2v) is 5.90. The van der Waals surface area contributed by atoms with Gasteiger partial charge in [-0.2, -0.15) is 0 Å². The van der Waals surface area contributed by atoms with Gasteiger partial charge in [-0.05, 0) is 33.2 Å². The summed E-state index contributed by atoms with van der Waals surface area (Å²) in [5.41, 5.74) is 1.17. The molecule has 1 N–H and O–H groups in total. The summed E-state index contributed by atoms with van der Waals surface area (Å²) in [6, 6.07) is 0.483. The van der Waals surface area contributed by atoms with Crippen LogP contribution in [0.5, 0.6) is 0 Å². The topological polar surface area (TPSA) is 34.1 Å². The van der Waals surface area contributed by atoms with E-state index >= 15 is 0 Å². The molecule has 0 saturated heterocycles. The first-order chi connectivity index (χ1) is 8.67. The minimum absolute atomic E-state index is 0.483. The molecule has 1 aromatic heterocycles. The molecule has 0 aliphatic rings. The molecule has 4 heteroatoms. The molecule has 1 atom stereocenters. The third-order valence-corrected chi connectivity index (χ3v) is 4.04. The summed E-state index contributed by atoms with van der Waals surface area (Å²) >= 11 is 1.82. The molecule has 0 aliphatic heterocycles. The molecule has 1 unspecified atom stereocenters. The number of thiazole rings is 1. The van der Waals surface area contributed by atoms with E-state index in [1.807, 2.05) is 11.3 Å². The molecule has 0 fully saturated rings. The lowest BCUT2D eigenvalue weighted by molar-refractivity contribution is 0.124. The number of hydrogen-bond donors (Lipinski definition) is 1. The summed E-state index contributed by atoms with van der Waals surface area (Å²) in [4.78, 5) is 5.95. The summed E-state index contributed by atoms with van der Waals surface area (Å²) in [5, 5.41) is 4.77. The van der Waals surface area contributed by atoms with E-state index in [9.17, 15) is 0 Å². The first kappa shape index (κ1) is 15.6. The number of rotatable bonds is 9. The van der Waals surface area contributed by atoms with Crippen LogP contribution < -0.4 is 5.32 Å². The predicted octanol–water partition coefficient (Wildman–Crippen LogP) is 3.10. The van der Waals surface area contributed by atoms with E-state index in [2.05, 4.69) is 38.0 Å². The van der Waals surface area contributed by atoms with E-state index < -0.39 is 0 Å². The van der Waals surface area contributed by atoms with Crippen molar-refractivity contribution in [2.24, 2.45) is 0 Å². The molecule has 104 valence electrons. The van der Waals surface area contributed by atoms with Gasteiger partial charge < -0.3 is 10.1 Å². The molecule has 0 bridgehead atoms. The highest BCUT2D eigenvalue weighted by atomic mass is 32.1. The first-order valence-corrected chi connectivity index (χ1v) is 7.73. The van der Waals surface area contributed by atoms with Crippen molar-refractivity contribution in [1.29, 1.82) is 0 Å². The third-order valence-electron chi connectivity index (χ3n) is 2.95. The Bertz CT molecular complexity index is 319. The Morgan fingerprint density at radius 1 is 1.28 bits per heavy atom. The van der Waals surface area contributed by atoms with Crippen molar-refractivity contribution >= 4 is 11.3 Å². The van der Waals surface area contributed by atoms with Gasteiger partial charge in [-0.1, -0.05) is 13.8 Å². The zero-order valence-corrected chi connectivity index (χ0v) is 12.9. The predicted molar refractivity (Wildman–Crippen MR) is 78.5 cm³/mol. The van der Waals surface area contributed by atoms with Crippen molar-refractivity contribution in [1.82, 2.24) is 10.3 Å². The maximum atomic E-state index is 5.57. The fourth-order valence-corrected chi connectivity index (χ4v) is 2.89. The molecular weight excluding hydrogens is 244 g/mol. The van der Waals surface area contributed by atoms with Crippen LogP contribution >= 0.6 is 11.3 Å². The van der Waals surface area contributed by atoms with Gasteiger partial charge in [0, 0.05) is 30.6 Å². The number of ether oxygens (including phenoxy) is 1. The second kappa shape index (κ2) is 8.62. The second-order valence-electron chi connectivity index (χ2n) is 4.61. The van der Waals surface area contributed by atoms with E-state index in [1.54, 1.807) is 0 Å². The van der Waals surface area contributed by atoms with Crippen LogP contribution in [-0.2, 0) is 11.2 Å². The molecule has 1 aromatic rings. The van der Waals surface area contributed by atoms with Gasteiger partial charge in [0.2, 0.25) is 0 Å². The number of likely N-dealkylation sites (N-methyl/N-ethyl adjacent to an activating group) is 1. The van der Waals surface area contributed by atoms with Crippen LogP contribution in [-0.4, -0.2) is 30.8 Å². The quantitative estimate of drug-likeness (QED) is 0.700. The number of hydrogen-bond acceptors (Lipinski definition) is 4. The largest absolute Gasteiger partial charge is 0.381 e. The molecule has 0 saturated carbocycles. The lowest BCUT2D eigenvalue weighted by Crippen LogP contribution is -2.32. The zero-order valence-electron chi connectivity index (χ0n) is 12.1. The number of aryl methyl sites for hydroxylation is 2. The molecule has 0 amide bonds. The van der Waals surface area contributed by atoms with Gasteiger partial charge in [0.05, 0.1) is 10.7 Å². The highest BCUT2D eigenvalue weighted by Crippen LogP contribution is 2.18. The van der Waals surface area contributed by atoms with E-state index in [0.29, 0.717) is 6.04 Å². The minimum Gasteiger partial charge on any atom is -0.381 e. The Kier molecular flexibility index (Phi) is 7.47. The van der Waals surface area contributed by atoms with Gasteiger partial charge in [-0.15, -0.1) is 11.3 Å². The van der Waals surface area contributed by atoms with Gasteiger partial charge >= 0.3 is 0 Å². The van der Waals surface area contributed by atoms with Crippen LogP contribution in [0, 0.1) is 13.8 Å². The standard InChI is InChI=1S/C14H26N2OS/c1-5-8-17-9-7-13(15-6-2)10-14-16-11(3)12(4)18-14/h13,15H,5-10H2,1-4H3. The van der Waals surface area contributed by atoms with E-state index in [-0.39, 0.29) is 0 Å². The number of nitrogens with one attached hydrogen (secondary N) is 1. The summed E-state index contributed by atoms with van der Waals surface area (Å²) in [6.07, 6.45) is 3.17. The Morgan fingerprint density at radius 2 is 2.06 bits per heavy atom. The Labute approximate surface area is 115 Å². The van der Waals surface area contributed by atoms with Crippen LogP contribution in [0.4, 0.5) is 0 Å². The molecular formula is C14H26N2OS. The molecule has 0 spiro atoms. The smallest absolute Gasteiger partial charge is 0.0946 e. The van der Waals surface area contributed by atoms with Crippen molar-refractivity contribution < 1.29 is 4.74 Å². The highest BCUT2D eigenvalue weighted by Gasteiger charge is 2.12. The van der Waals surface area contributed by atoms with Crippen LogP contribution in [0.3, 0.4) is 0 Å². The molecule has 3 nitrogen and oxygen atoms in total. The van der Waals surface area contributed by atoms with Crippen molar-refractivity contribution in [3.63, 3.8) is 0 Å². The van der Waals surface area contributed by atoms with Crippen molar-refractivity contribution in [3.8, 4) is 0 Å². The fourth-order valence-electron chi connectivity index (χ4n) is 1.87. The van der Waals surface area contributed by atoms with E-state index in [0.717, 1.165) is 39.0 Å². The zero-order chi connectivity index (χ0) is 13.4. The average Bonchev–Trinajstić information content (AvgIpc) is 2.64. The van der Waals surface area contributed by atoms with Gasteiger partial charge in [-0.25, -0.2) is 4.98 Å². The van der Waals surface area contributed by atoms with Crippen LogP contribution in [0.1, 0.15) is 42.3 Å². The Balaban J connectivity index is 2.41. The maximum Gasteiger partial charge on any atom is 0.0946 e. The fraction of sp³-hybridized carbons (Fsp3) is 0.786. The lowest BCUT2D eigenvalue weighted by Gasteiger charge is -2.16. The molecule has 0 radical (unpaired) electrons. The van der Waals surface area contributed by atoms with Crippen LogP contribution in [0.2, 0.25) is 0 Å². The van der Waals surface area contributed by atoms with Crippen molar-refractivity contribution in [2.45, 2.75) is 53.0 Å². The minimum atomic E-state index is 0.483. The van der Waals surface area contributed by atoms with Crippen molar-refractivity contribution in [2.75, 3.05) is 19.8 Å². The van der Waals surface area contributed by atoms with Crippen LogP contribution in [0.15, 0.2) is 0 Å². The van der Waals surface area contributed by atoms with Gasteiger partial charge in [0.1, 0.15) is 0 Å². The average molecular weight is 270 g/mol. The van der Waals surface area contributed by atoms with Crippen LogP contribution in [0.25, 0.3) is 0 Å². The van der Waals surface area contributed by atoms with Gasteiger partial charge in [0.15, 0.2) is 0 Å². The van der Waals surface area contributed by atoms with Gasteiger partial charge in [-0.3, -0.25) is 0 Å². The van der Waals surface area contributed by atoms with E-state index in [1.165, 1.54) is 15.6 Å². The molecule has 18 heavy (non-hydrogen) atoms. The normalized spacial score (nSPS) is 12.9. The Hall–Kier alpha value is -0.450. The number of aromatic nitrogens is 1. The maximum absolute atomic E-state index is 5.57. The molecule has 1 rings (SSSR count). The van der Waals surface area contributed by atoms with Crippen molar-refractivity contribution in [3.05, 3.63) is 15.6 Å². The lowest BCUT2D eigenvalue weighted by atomic mass is 10.1. The summed E-state index contributed by atoms with van der Waals surface area (Å²) in [5.74, 6) is 0. The summed E-state index contributed by atoms with van der Waals surface area (Å²) < 4.78 is 5.57. The molecule has 1 heterocycles. The molecule has 0 aromatic carbocycles. The monoisotopic (exact) mass is 270 g/mol. The summed E-state index contributed by atoms with van der Waals surface area (Å²) in [7, 11) is 0. The van der Waals surface area contributed by atoms with E-state index in [4.69, 9.17) is 4.74 Å². The highest BCUT2D eigenvalue weighted by molar-refractivity contribution is 7.11. The third kappa shape index (κ3) is 5.46. The Morgan fingerprint density at radius 3 is 2.61 bits per heavy atom. The summed E-state index contributed by atoms with van der Waals surface area (Å²) in [6.45, 7) is 11.2. The number of nitrogens with zero attached hydrogens (tertiary/aromatic N) is 1. The first-order valence-electron chi connectivity index (χ1n) is 6.91. The van der Waals surface area contributed by atoms with Gasteiger partial charge in [0.25, 0.3) is 0 Å². The SMILES string of the molecule is CCCOCCC(Cc1nc(C)c(C)s1)NCC. The molecule has 0 aliphatic carbocycles.